The first-order valence-electron chi connectivity index (χ1n) is 10.7. The Kier molecular flexibility index (Phi) is 6.63. The normalized spacial score (nSPS) is 19.5. The van der Waals surface area contributed by atoms with Crippen LogP contribution in [0.4, 0.5) is 0 Å². The maximum absolute atomic E-state index is 12.7. The molecule has 0 bridgehead atoms. The number of halogens is 2. The summed E-state index contributed by atoms with van der Waals surface area (Å²) in [6.45, 7) is -0.125. The highest BCUT2D eigenvalue weighted by atomic mass is 35.5. The second-order valence-electron chi connectivity index (χ2n) is 7.75. The number of esters is 2. The number of hydrogen-bond acceptors (Lipinski definition) is 8. The molecule has 0 amide bonds. The van der Waals surface area contributed by atoms with Gasteiger partial charge in [0.05, 0.1) is 17.5 Å². The standard InChI is InChI=1S/C24H18Cl2N4O5/c25-20-19-21(29-24(26)28-20)30(13-27-19)18-11-16(35-23(32)15-9-5-2-6-10-15)17(34-18)12-33-22(31)14-7-3-1-4-8-14/h1-10,13,16-18H,11-12H2/t16?,17-,18-/m1/s1. The van der Waals surface area contributed by atoms with Gasteiger partial charge in [-0.1, -0.05) is 48.0 Å². The Morgan fingerprint density at radius 2 is 1.63 bits per heavy atom. The quantitative estimate of drug-likeness (QED) is 0.211. The van der Waals surface area contributed by atoms with Crippen molar-refractivity contribution in [3.05, 3.63) is 88.6 Å². The maximum Gasteiger partial charge on any atom is 0.338 e. The van der Waals surface area contributed by atoms with E-state index in [1.54, 1.807) is 65.2 Å². The molecule has 2 aromatic heterocycles. The van der Waals surface area contributed by atoms with Crippen LogP contribution in [0.3, 0.4) is 0 Å². The van der Waals surface area contributed by atoms with Crippen molar-refractivity contribution < 1.29 is 23.8 Å². The third kappa shape index (κ3) is 4.97. The van der Waals surface area contributed by atoms with Gasteiger partial charge in [0.2, 0.25) is 5.28 Å². The SMILES string of the molecule is O=C(OC[C@H]1O[C@@H](n2cnc3c(Cl)nc(Cl)nc32)CC1OC(=O)c1ccccc1)c1ccccc1. The highest BCUT2D eigenvalue weighted by Gasteiger charge is 2.40. The average molecular weight is 513 g/mol. The molecule has 1 aliphatic heterocycles. The van der Waals surface area contributed by atoms with E-state index in [1.807, 2.05) is 0 Å². The monoisotopic (exact) mass is 512 g/mol. The van der Waals surface area contributed by atoms with Gasteiger partial charge in [0.25, 0.3) is 0 Å². The third-order valence-corrected chi connectivity index (χ3v) is 5.93. The van der Waals surface area contributed by atoms with Crippen LogP contribution in [0, 0.1) is 0 Å². The lowest BCUT2D eigenvalue weighted by Crippen LogP contribution is -2.32. The minimum Gasteiger partial charge on any atom is -0.459 e. The molecule has 9 nitrogen and oxygen atoms in total. The van der Waals surface area contributed by atoms with Gasteiger partial charge < -0.3 is 14.2 Å². The Hall–Kier alpha value is -3.53. The molecule has 1 fully saturated rings. The zero-order valence-corrected chi connectivity index (χ0v) is 19.6. The van der Waals surface area contributed by atoms with E-state index >= 15 is 0 Å². The van der Waals surface area contributed by atoms with Crippen molar-refractivity contribution in [3.8, 4) is 0 Å². The number of carbonyl (C=O) groups excluding carboxylic acids is 2. The highest BCUT2D eigenvalue weighted by Crippen LogP contribution is 2.34. The van der Waals surface area contributed by atoms with E-state index in [0.717, 1.165) is 0 Å². The molecular weight excluding hydrogens is 495 g/mol. The molecule has 2 aromatic carbocycles. The molecule has 3 heterocycles. The van der Waals surface area contributed by atoms with E-state index in [9.17, 15) is 9.59 Å². The van der Waals surface area contributed by atoms with Crippen LogP contribution in [0.2, 0.25) is 10.4 Å². The first-order valence-corrected chi connectivity index (χ1v) is 11.4. The van der Waals surface area contributed by atoms with Gasteiger partial charge in [-0.2, -0.15) is 4.98 Å². The van der Waals surface area contributed by atoms with E-state index in [4.69, 9.17) is 37.4 Å². The van der Waals surface area contributed by atoms with Crippen LogP contribution in [0.15, 0.2) is 67.0 Å². The van der Waals surface area contributed by atoms with Crippen LogP contribution >= 0.6 is 23.2 Å². The van der Waals surface area contributed by atoms with Gasteiger partial charge in [0.1, 0.15) is 30.6 Å². The molecule has 0 spiro atoms. The van der Waals surface area contributed by atoms with Crippen LogP contribution in [-0.4, -0.2) is 50.3 Å². The minimum absolute atomic E-state index is 0.0392. The Morgan fingerprint density at radius 1 is 0.971 bits per heavy atom. The predicted octanol–water partition coefficient (Wildman–Crippen LogP) is 4.50. The second-order valence-corrected chi connectivity index (χ2v) is 8.44. The molecule has 1 unspecified atom stereocenters. The van der Waals surface area contributed by atoms with Crippen LogP contribution < -0.4 is 0 Å². The van der Waals surface area contributed by atoms with E-state index in [2.05, 4.69) is 15.0 Å². The molecule has 4 aromatic rings. The van der Waals surface area contributed by atoms with Crippen molar-refractivity contribution in [2.75, 3.05) is 6.61 Å². The topological polar surface area (TPSA) is 105 Å². The molecule has 0 aliphatic carbocycles. The number of carbonyl (C=O) groups is 2. The first-order chi connectivity index (χ1) is 17.0. The molecule has 1 saturated heterocycles. The van der Waals surface area contributed by atoms with Gasteiger partial charge in [-0.05, 0) is 35.9 Å². The summed E-state index contributed by atoms with van der Waals surface area (Å²) < 4.78 is 19.0. The van der Waals surface area contributed by atoms with Crippen molar-refractivity contribution in [2.24, 2.45) is 0 Å². The zero-order chi connectivity index (χ0) is 24.4. The lowest BCUT2D eigenvalue weighted by atomic mass is 10.1. The predicted molar refractivity (Wildman–Crippen MR) is 126 cm³/mol. The van der Waals surface area contributed by atoms with Crippen LogP contribution in [-0.2, 0) is 14.2 Å². The van der Waals surface area contributed by atoms with Crippen LogP contribution in [0.25, 0.3) is 11.2 Å². The molecule has 5 rings (SSSR count). The molecule has 0 saturated carbocycles. The van der Waals surface area contributed by atoms with Gasteiger partial charge in [0.15, 0.2) is 10.8 Å². The third-order valence-electron chi connectivity index (χ3n) is 5.50. The number of hydrogen-bond donors (Lipinski definition) is 0. The van der Waals surface area contributed by atoms with Crippen molar-refractivity contribution in [1.82, 2.24) is 19.5 Å². The van der Waals surface area contributed by atoms with Gasteiger partial charge in [-0.15, -0.1) is 0 Å². The van der Waals surface area contributed by atoms with Gasteiger partial charge in [-0.3, -0.25) is 4.57 Å². The smallest absolute Gasteiger partial charge is 0.338 e. The van der Waals surface area contributed by atoms with E-state index in [1.165, 1.54) is 6.33 Å². The zero-order valence-electron chi connectivity index (χ0n) is 18.1. The number of imidazole rings is 1. The fourth-order valence-electron chi connectivity index (χ4n) is 3.81. The van der Waals surface area contributed by atoms with Crippen LogP contribution in [0.1, 0.15) is 33.4 Å². The van der Waals surface area contributed by atoms with Crippen molar-refractivity contribution in [1.29, 1.82) is 0 Å². The van der Waals surface area contributed by atoms with Crippen molar-refractivity contribution >= 4 is 46.3 Å². The Labute approximate surface area is 209 Å². The van der Waals surface area contributed by atoms with Crippen LogP contribution in [0.5, 0.6) is 0 Å². The summed E-state index contributed by atoms with van der Waals surface area (Å²) in [5.41, 5.74) is 1.53. The number of fused-ring (bicyclic) bond motifs is 1. The second kappa shape index (κ2) is 9.99. The Balaban J connectivity index is 1.38. The summed E-state index contributed by atoms with van der Waals surface area (Å²) in [6.07, 6.45) is -0.305. The van der Waals surface area contributed by atoms with Crippen molar-refractivity contribution in [3.63, 3.8) is 0 Å². The van der Waals surface area contributed by atoms with Gasteiger partial charge in [0, 0.05) is 6.42 Å². The largest absolute Gasteiger partial charge is 0.459 e. The molecule has 0 radical (unpaired) electrons. The fraction of sp³-hybridized carbons (Fsp3) is 0.208. The first kappa shape index (κ1) is 23.2. The molecule has 35 heavy (non-hydrogen) atoms. The van der Waals surface area contributed by atoms with Gasteiger partial charge >= 0.3 is 11.9 Å². The summed E-state index contributed by atoms with van der Waals surface area (Å²) >= 11 is 12.1. The number of ether oxygens (including phenoxy) is 3. The number of nitrogens with zero attached hydrogens (tertiary/aromatic N) is 4. The number of aromatic nitrogens is 4. The summed E-state index contributed by atoms with van der Waals surface area (Å²) in [5.74, 6) is -1.02. The average Bonchev–Trinajstić information content (AvgIpc) is 3.47. The Morgan fingerprint density at radius 3 is 2.31 bits per heavy atom. The van der Waals surface area contributed by atoms with E-state index < -0.39 is 30.4 Å². The molecular formula is C24H18Cl2N4O5. The summed E-state index contributed by atoms with van der Waals surface area (Å²) in [7, 11) is 0. The fourth-order valence-corrected chi connectivity index (χ4v) is 4.23. The lowest BCUT2D eigenvalue weighted by Gasteiger charge is -2.19. The summed E-state index contributed by atoms with van der Waals surface area (Å²) in [6, 6.07) is 17.2. The molecule has 3 atom stereocenters. The Bertz CT molecular complexity index is 1370. The summed E-state index contributed by atoms with van der Waals surface area (Å²) in [5, 5.41) is 0.0692. The molecule has 11 heteroatoms. The lowest BCUT2D eigenvalue weighted by molar-refractivity contribution is -0.0563. The molecule has 0 N–H and O–H groups in total. The maximum atomic E-state index is 12.7. The van der Waals surface area contributed by atoms with Gasteiger partial charge in [-0.25, -0.2) is 19.6 Å². The van der Waals surface area contributed by atoms with E-state index in [-0.39, 0.29) is 23.5 Å². The molecule has 178 valence electrons. The number of rotatable bonds is 6. The minimum atomic E-state index is -0.731. The highest BCUT2D eigenvalue weighted by molar-refractivity contribution is 6.35. The number of benzene rings is 2. The van der Waals surface area contributed by atoms with Crippen molar-refractivity contribution in [2.45, 2.75) is 24.9 Å². The summed E-state index contributed by atoms with van der Waals surface area (Å²) in [4.78, 5) is 37.6. The molecule has 1 aliphatic rings. The van der Waals surface area contributed by atoms with E-state index in [0.29, 0.717) is 22.3 Å².